The molecule has 0 aliphatic rings. The van der Waals surface area contributed by atoms with Gasteiger partial charge in [-0.15, -0.1) is 0 Å². The molecule has 0 atom stereocenters. The number of hydrogen-bond acceptors (Lipinski definition) is 5. The molecule has 2 aromatic rings. The number of benzene rings is 2. The summed E-state index contributed by atoms with van der Waals surface area (Å²) in [5.41, 5.74) is 1.97. The molecule has 0 unspecified atom stereocenters. The molecule has 0 spiro atoms. The van der Waals surface area contributed by atoms with E-state index in [1.54, 1.807) is 24.3 Å². The fraction of sp³-hybridized carbons (Fsp3) is 0.304. The average molecular weight is 442 g/mol. The van der Waals surface area contributed by atoms with Gasteiger partial charge in [0.1, 0.15) is 0 Å². The van der Waals surface area contributed by atoms with E-state index in [1.807, 2.05) is 44.2 Å². The Labute approximate surface area is 187 Å². The van der Waals surface area contributed by atoms with Gasteiger partial charge in [-0.05, 0) is 43.8 Å². The summed E-state index contributed by atoms with van der Waals surface area (Å²) in [4.78, 5) is 36.2. The quantitative estimate of drug-likeness (QED) is 0.409. The minimum Gasteiger partial charge on any atom is -0.465 e. The largest absolute Gasteiger partial charge is 0.465 e. The van der Waals surface area contributed by atoms with E-state index in [4.69, 9.17) is 17.0 Å². The van der Waals surface area contributed by atoms with Gasteiger partial charge in [-0.3, -0.25) is 14.4 Å². The molecule has 31 heavy (non-hydrogen) atoms. The lowest BCUT2D eigenvalue weighted by Crippen LogP contribution is -2.35. The minimum atomic E-state index is -0.444. The molecular weight excluding hydrogens is 414 g/mol. The van der Waals surface area contributed by atoms with Gasteiger partial charge in [0.2, 0.25) is 5.91 Å². The van der Waals surface area contributed by atoms with Gasteiger partial charge in [0.05, 0.1) is 24.3 Å². The monoisotopic (exact) mass is 441 g/mol. The van der Waals surface area contributed by atoms with E-state index >= 15 is 0 Å². The van der Waals surface area contributed by atoms with Crippen LogP contribution in [0.25, 0.3) is 0 Å². The van der Waals surface area contributed by atoms with Crippen LogP contribution in [0.2, 0.25) is 0 Å². The number of carbonyl (C=O) groups is 3. The predicted molar refractivity (Wildman–Crippen MR) is 124 cm³/mol. The molecule has 7 nitrogen and oxygen atoms in total. The van der Waals surface area contributed by atoms with Crippen molar-refractivity contribution in [1.29, 1.82) is 0 Å². The molecule has 0 aliphatic carbocycles. The second-order valence-corrected chi connectivity index (χ2v) is 7.54. The van der Waals surface area contributed by atoms with Gasteiger partial charge < -0.3 is 20.7 Å². The maximum Gasteiger partial charge on any atom is 0.306 e. The van der Waals surface area contributed by atoms with Crippen LogP contribution in [0.1, 0.15) is 42.6 Å². The van der Waals surface area contributed by atoms with Crippen LogP contribution in [0.3, 0.4) is 0 Å². The fourth-order valence-corrected chi connectivity index (χ4v) is 2.91. The van der Waals surface area contributed by atoms with Crippen LogP contribution in [0.15, 0.2) is 54.6 Å². The molecule has 2 amide bonds. The number of rotatable bonds is 9. The maximum atomic E-state index is 12.3. The molecule has 164 valence electrons. The molecule has 0 saturated carbocycles. The lowest BCUT2D eigenvalue weighted by Gasteiger charge is -2.14. The van der Waals surface area contributed by atoms with E-state index < -0.39 is 11.9 Å². The SMILES string of the molecule is CC(C)NC(=O)c1ccccc1NC(=S)NC(=O)CCC(=O)OCCc1ccccc1. The number of ether oxygens (including phenoxy) is 1. The van der Waals surface area contributed by atoms with Crippen molar-refractivity contribution >= 4 is 40.8 Å². The van der Waals surface area contributed by atoms with Crippen LogP contribution in [0.4, 0.5) is 5.69 Å². The first kappa shape index (κ1) is 24.0. The van der Waals surface area contributed by atoms with Gasteiger partial charge in [-0.25, -0.2) is 0 Å². The molecular formula is C23H27N3O4S. The Balaban J connectivity index is 1.74. The third-order valence-electron chi connectivity index (χ3n) is 4.15. The number of anilines is 1. The highest BCUT2D eigenvalue weighted by molar-refractivity contribution is 7.80. The van der Waals surface area contributed by atoms with Crippen LogP contribution in [0.5, 0.6) is 0 Å². The summed E-state index contributed by atoms with van der Waals surface area (Å²) in [5, 5.41) is 8.23. The van der Waals surface area contributed by atoms with E-state index in [-0.39, 0.29) is 36.5 Å². The highest BCUT2D eigenvalue weighted by Crippen LogP contribution is 2.15. The van der Waals surface area contributed by atoms with Gasteiger partial charge in [0.15, 0.2) is 5.11 Å². The molecule has 0 fully saturated rings. The molecule has 0 aliphatic heterocycles. The third-order valence-corrected chi connectivity index (χ3v) is 4.35. The van der Waals surface area contributed by atoms with Crippen LogP contribution in [0, 0.1) is 0 Å². The van der Waals surface area contributed by atoms with Crippen LogP contribution >= 0.6 is 12.2 Å². The molecule has 2 aromatic carbocycles. The number of para-hydroxylation sites is 1. The summed E-state index contributed by atoms with van der Waals surface area (Å²) in [6.07, 6.45) is 0.522. The molecule has 8 heteroatoms. The highest BCUT2D eigenvalue weighted by atomic mass is 32.1. The van der Waals surface area contributed by atoms with E-state index in [2.05, 4.69) is 16.0 Å². The Kier molecular flexibility index (Phi) is 9.64. The molecule has 0 aromatic heterocycles. The summed E-state index contributed by atoms with van der Waals surface area (Å²) in [6.45, 7) is 4.00. The van der Waals surface area contributed by atoms with Crippen molar-refractivity contribution in [3.8, 4) is 0 Å². The second-order valence-electron chi connectivity index (χ2n) is 7.13. The first-order chi connectivity index (χ1) is 14.8. The Bertz CT molecular complexity index is 916. The normalized spacial score (nSPS) is 10.3. The third kappa shape index (κ3) is 8.96. The van der Waals surface area contributed by atoms with Crippen molar-refractivity contribution in [2.75, 3.05) is 11.9 Å². The smallest absolute Gasteiger partial charge is 0.306 e. The van der Waals surface area contributed by atoms with E-state index in [0.29, 0.717) is 17.7 Å². The van der Waals surface area contributed by atoms with Crippen LogP contribution in [-0.2, 0) is 20.7 Å². The van der Waals surface area contributed by atoms with Crippen molar-refractivity contribution in [3.05, 3.63) is 65.7 Å². The van der Waals surface area contributed by atoms with Crippen molar-refractivity contribution in [2.24, 2.45) is 0 Å². The fourth-order valence-electron chi connectivity index (χ4n) is 2.69. The number of amides is 2. The summed E-state index contributed by atoms with van der Waals surface area (Å²) < 4.78 is 5.16. The first-order valence-corrected chi connectivity index (χ1v) is 10.5. The molecule has 0 saturated heterocycles. The van der Waals surface area contributed by atoms with Crippen LogP contribution in [-0.4, -0.2) is 35.5 Å². The van der Waals surface area contributed by atoms with Crippen molar-refractivity contribution < 1.29 is 19.1 Å². The second kappa shape index (κ2) is 12.4. The van der Waals surface area contributed by atoms with Gasteiger partial charge in [0.25, 0.3) is 5.91 Å². The average Bonchev–Trinajstić information content (AvgIpc) is 2.73. The first-order valence-electron chi connectivity index (χ1n) is 10.1. The summed E-state index contributed by atoms with van der Waals surface area (Å²) >= 11 is 5.16. The zero-order chi connectivity index (χ0) is 22.6. The van der Waals surface area contributed by atoms with Gasteiger partial charge in [0, 0.05) is 18.9 Å². The standard InChI is InChI=1S/C23H27N3O4S/c1-16(2)24-22(29)18-10-6-7-11-19(18)25-23(31)26-20(27)12-13-21(28)30-15-14-17-8-4-3-5-9-17/h3-11,16H,12-15H2,1-2H3,(H,24,29)(H2,25,26,27,31). The zero-order valence-electron chi connectivity index (χ0n) is 17.6. The number of thiocarbonyl (C=S) groups is 1. The minimum absolute atomic E-state index is 0.0142. The van der Waals surface area contributed by atoms with Gasteiger partial charge in [-0.2, -0.15) is 0 Å². The molecule has 0 radical (unpaired) electrons. The topological polar surface area (TPSA) is 96.5 Å². The Morgan fingerprint density at radius 3 is 2.35 bits per heavy atom. The van der Waals surface area contributed by atoms with Gasteiger partial charge >= 0.3 is 5.97 Å². The molecule has 0 bridgehead atoms. The highest BCUT2D eigenvalue weighted by Gasteiger charge is 2.14. The van der Waals surface area contributed by atoms with E-state index in [0.717, 1.165) is 5.56 Å². The molecule has 3 N–H and O–H groups in total. The van der Waals surface area contributed by atoms with Gasteiger partial charge in [-0.1, -0.05) is 42.5 Å². The van der Waals surface area contributed by atoms with Crippen LogP contribution < -0.4 is 16.0 Å². The summed E-state index contributed by atoms with van der Waals surface area (Å²) in [5.74, 6) is -1.10. The lowest BCUT2D eigenvalue weighted by atomic mass is 10.1. The number of hydrogen-bond donors (Lipinski definition) is 3. The Hall–Kier alpha value is -3.26. The number of nitrogens with one attached hydrogen (secondary N) is 3. The summed E-state index contributed by atoms with van der Waals surface area (Å²) in [7, 11) is 0. The maximum absolute atomic E-state index is 12.3. The molecule has 2 rings (SSSR count). The molecule has 0 heterocycles. The predicted octanol–water partition coefficient (Wildman–Crippen LogP) is 3.20. The number of esters is 1. The zero-order valence-corrected chi connectivity index (χ0v) is 18.5. The van der Waals surface area contributed by atoms with Crippen molar-refractivity contribution in [2.45, 2.75) is 39.2 Å². The van der Waals surface area contributed by atoms with E-state index in [9.17, 15) is 14.4 Å². The Morgan fingerprint density at radius 1 is 0.968 bits per heavy atom. The van der Waals surface area contributed by atoms with Crippen molar-refractivity contribution in [1.82, 2.24) is 10.6 Å². The van der Waals surface area contributed by atoms with Crippen molar-refractivity contribution in [3.63, 3.8) is 0 Å². The summed E-state index contributed by atoms with van der Waals surface area (Å²) in [6, 6.07) is 16.5. The Morgan fingerprint density at radius 2 is 1.65 bits per heavy atom. The number of carbonyl (C=O) groups excluding carboxylic acids is 3. The lowest BCUT2D eigenvalue weighted by molar-refractivity contribution is -0.144. The van der Waals surface area contributed by atoms with E-state index in [1.165, 1.54) is 0 Å².